The van der Waals surface area contributed by atoms with E-state index in [0.29, 0.717) is 18.0 Å². The summed E-state index contributed by atoms with van der Waals surface area (Å²) in [5.41, 5.74) is 0.534. The van der Waals surface area contributed by atoms with Crippen LogP contribution in [0, 0.1) is 0 Å². The highest BCUT2D eigenvalue weighted by atomic mass is 32.1. The lowest BCUT2D eigenvalue weighted by molar-refractivity contribution is -0.0361. The number of morpholine rings is 1. The maximum absolute atomic E-state index is 12.7. The lowest BCUT2D eigenvalue weighted by Crippen LogP contribution is -2.59. The Balaban J connectivity index is 1.43. The summed E-state index contributed by atoms with van der Waals surface area (Å²) in [6.07, 6.45) is 7.65. The molecule has 1 amide bonds. The molecule has 0 aromatic carbocycles. The van der Waals surface area contributed by atoms with Gasteiger partial charge in [0, 0.05) is 30.6 Å². The van der Waals surface area contributed by atoms with E-state index in [1.807, 2.05) is 12.1 Å². The lowest BCUT2D eigenvalue weighted by Gasteiger charge is -2.48. The van der Waals surface area contributed by atoms with Gasteiger partial charge in [0.1, 0.15) is 5.69 Å². The van der Waals surface area contributed by atoms with E-state index in [1.165, 1.54) is 30.6 Å². The molecule has 0 atom stereocenters. The summed E-state index contributed by atoms with van der Waals surface area (Å²) in [5.74, 6) is 0.600. The first-order valence-electron chi connectivity index (χ1n) is 9.37. The summed E-state index contributed by atoms with van der Waals surface area (Å²) >= 11 is 1.43. The predicted octanol–water partition coefficient (Wildman–Crippen LogP) is 3.17. The molecule has 2 aromatic heterocycles. The van der Waals surface area contributed by atoms with Crippen molar-refractivity contribution >= 4 is 17.2 Å². The molecule has 0 radical (unpaired) electrons. The fourth-order valence-corrected chi connectivity index (χ4v) is 4.85. The van der Waals surface area contributed by atoms with Crippen molar-refractivity contribution in [3.8, 4) is 10.8 Å². The molecule has 0 spiro atoms. The van der Waals surface area contributed by atoms with Gasteiger partial charge in [0.05, 0.1) is 19.5 Å². The van der Waals surface area contributed by atoms with E-state index in [0.717, 1.165) is 44.2 Å². The molecule has 3 heterocycles. The Labute approximate surface area is 157 Å². The van der Waals surface area contributed by atoms with Gasteiger partial charge < -0.3 is 14.5 Å². The number of thiazole rings is 1. The molecule has 0 unspecified atom stereocenters. The minimum atomic E-state index is -0.0998. The van der Waals surface area contributed by atoms with Crippen LogP contribution in [0.1, 0.15) is 42.6 Å². The van der Waals surface area contributed by atoms with Gasteiger partial charge in [-0.3, -0.25) is 9.69 Å². The molecule has 26 heavy (non-hydrogen) atoms. The molecule has 1 aliphatic heterocycles. The molecule has 140 valence electrons. The Morgan fingerprint density at radius 3 is 2.81 bits per heavy atom. The monoisotopic (exact) mass is 375 g/mol. The van der Waals surface area contributed by atoms with Crippen molar-refractivity contribution in [3.63, 3.8) is 0 Å². The smallest absolute Gasteiger partial charge is 0.270 e. The predicted molar refractivity (Wildman–Crippen MR) is 100 cm³/mol. The van der Waals surface area contributed by atoms with E-state index in [4.69, 9.17) is 9.15 Å². The molecular formula is C19H25N3O3S. The van der Waals surface area contributed by atoms with E-state index >= 15 is 0 Å². The minimum absolute atomic E-state index is 0.0670. The zero-order valence-electron chi connectivity index (χ0n) is 14.9. The highest BCUT2D eigenvalue weighted by molar-refractivity contribution is 7.13. The number of carbonyl (C=O) groups is 1. The fraction of sp³-hybridized carbons (Fsp3) is 0.579. The van der Waals surface area contributed by atoms with Crippen molar-refractivity contribution in [3.05, 3.63) is 29.5 Å². The molecule has 6 nitrogen and oxygen atoms in total. The summed E-state index contributed by atoms with van der Waals surface area (Å²) in [7, 11) is 0. The summed E-state index contributed by atoms with van der Waals surface area (Å²) in [6, 6.07) is 3.68. The fourth-order valence-electron chi connectivity index (χ4n) is 4.08. The number of ether oxygens (including phenoxy) is 1. The molecule has 1 N–H and O–H groups in total. The molecule has 2 fully saturated rings. The average molecular weight is 375 g/mol. The standard InChI is InChI=1S/C19H25N3O3S/c23-17(15-13-26-18(21-15)16-5-4-10-25-16)20-14-19(6-2-1-3-7-19)22-8-11-24-12-9-22/h4-5,10,13H,1-3,6-9,11-12,14H2,(H,20,23). The van der Waals surface area contributed by atoms with Crippen molar-refractivity contribution in [1.82, 2.24) is 15.2 Å². The summed E-state index contributed by atoms with van der Waals surface area (Å²) in [6.45, 7) is 4.16. The zero-order valence-corrected chi connectivity index (χ0v) is 15.7. The third kappa shape index (κ3) is 3.70. The van der Waals surface area contributed by atoms with E-state index < -0.39 is 0 Å². The molecular weight excluding hydrogens is 350 g/mol. The van der Waals surface area contributed by atoms with Crippen LogP contribution in [0.3, 0.4) is 0 Å². The number of furan rings is 1. The molecule has 2 aliphatic rings. The number of aromatic nitrogens is 1. The molecule has 0 bridgehead atoms. The summed E-state index contributed by atoms with van der Waals surface area (Å²) in [5, 5.41) is 5.70. The highest BCUT2D eigenvalue weighted by Crippen LogP contribution is 2.34. The topological polar surface area (TPSA) is 67.6 Å². The van der Waals surface area contributed by atoms with Crippen molar-refractivity contribution in [2.24, 2.45) is 0 Å². The maximum Gasteiger partial charge on any atom is 0.270 e. The quantitative estimate of drug-likeness (QED) is 0.869. The van der Waals surface area contributed by atoms with Crippen LogP contribution in [0.4, 0.5) is 0 Å². The number of rotatable bonds is 5. The number of nitrogens with zero attached hydrogens (tertiary/aromatic N) is 2. The number of carbonyl (C=O) groups excluding carboxylic acids is 1. The van der Waals surface area contributed by atoms with Gasteiger partial charge in [0.25, 0.3) is 5.91 Å². The second-order valence-electron chi connectivity index (χ2n) is 7.08. The lowest BCUT2D eigenvalue weighted by atomic mass is 9.79. The molecule has 1 saturated carbocycles. The van der Waals surface area contributed by atoms with E-state index in [9.17, 15) is 4.79 Å². The number of hydrogen-bond acceptors (Lipinski definition) is 6. The first-order chi connectivity index (χ1) is 12.8. The molecule has 1 saturated heterocycles. The van der Waals surface area contributed by atoms with Gasteiger partial charge in [-0.15, -0.1) is 11.3 Å². The first-order valence-corrected chi connectivity index (χ1v) is 10.3. The first kappa shape index (κ1) is 17.7. The molecule has 7 heteroatoms. The van der Waals surface area contributed by atoms with Gasteiger partial charge in [0.15, 0.2) is 10.8 Å². The summed E-state index contributed by atoms with van der Waals surface area (Å²) in [4.78, 5) is 19.6. The van der Waals surface area contributed by atoms with Crippen LogP contribution >= 0.6 is 11.3 Å². The SMILES string of the molecule is O=C(NCC1(N2CCOCC2)CCCCC1)c1csc(-c2ccco2)n1. The van der Waals surface area contributed by atoms with Gasteiger partial charge >= 0.3 is 0 Å². The van der Waals surface area contributed by atoms with Crippen LogP contribution < -0.4 is 5.32 Å². The van der Waals surface area contributed by atoms with Crippen molar-refractivity contribution in [2.75, 3.05) is 32.8 Å². The van der Waals surface area contributed by atoms with Gasteiger partial charge in [-0.2, -0.15) is 0 Å². The normalized spacial score (nSPS) is 20.8. The van der Waals surface area contributed by atoms with Gasteiger partial charge in [-0.25, -0.2) is 4.98 Å². The summed E-state index contributed by atoms with van der Waals surface area (Å²) < 4.78 is 10.9. The second-order valence-corrected chi connectivity index (χ2v) is 7.94. The number of hydrogen-bond donors (Lipinski definition) is 1. The average Bonchev–Trinajstić information content (AvgIpc) is 3.39. The molecule has 2 aromatic rings. The van der Waals surface area contributed by atoms with Crippen LogP contribution in [0.2, 0.25) is 0 Å². The Morgan fingerprint density at radius 1 is 1.27 bits per heavy atom. The highest BCUT2D eigenvalue weighted by Gasteiger charge is 2.39. The minimum Gasteiger partial charge on any atom is -0.462 e. The van der Waals surface area contributed by atoms with Gasteiger partial charge in [-0.1, -0.05) is 19.3 Å². The van der Waals surface area contributed by atoms with Crippen molar-refractivity contribution < 1.29 is 13.9 Å². The number of nitrogens with one attached hydrogen (secondary N) is 1. The third-order valence-electron chi connectivity index (χ3n) is 5.51. The van der Waals surface area contributed by atoms with Crippen LogP contribution in [-0.4, -0.2) is 54.2 Å². The molecule has 4 rings (SSSR count). The van der Waals surface area contributed by atoms with E-state index in [1.54, 1.807) is 11.6 Å². The Hall–Kier alpha value is -1.70. The second kappa shape index (κ2) is 7.90. The largest absolute Gasteiger partial charge is 0.462 e. The van der Waals surface area contributed by atoms with Gasteiger partial charge in [0.2, 0.25) is 0 Å². The Morgan fingerprint density at radius 2 is 2.08 bits per heavy atom. The van der Waals surface area contributed by atoms with Gasteiger partial charge in [-0.05, 0) is 25.0 Å². The van der Waals surface area contributed by atoms with Crippen LogP contribution in [-0.2, 0) is 4.74 Å². The Bertz CT molecular complexity index is 716. The Kier molecular flexibility index (Phi) is 5.38. The van der Waals surface area contributed by atoms with Crippen molar-refractivity contribution in [2.45, 2.75) is 37.6 Å². The maximum atomic E-state index is 12.7. The van der Waals surface area contributed by atoms with E-state index in [-0.39, 0.29) is 11.4 Å². The van der Waals surface area contributed by atoms with Crippen LogP contribution in [0.15, 0.2) is 28.2 Å². The third-order valence-corrected chi connectivity index (χ3v) is 6.37. The van der Waals surface area contributed by atoms with Crippen molar-refractivity contribution in [1.29, 1.82) is 0 Å². The van der Waals surface area contributed by atoms with Crippen LogP contribution in [0.5, 0.6) is 0 Å². The molecule has 1 aliphatic carbocycles. The number of amides is 1. The van der Waals surface area contributed by atoms with E-state index in [2.05, 4.69) is 15.2 Å². The zero-order chi connectivity index (χ0) is 17.8. The van der Waals surface area contributed by atoms with Crippen LogP contribution in [0.25, 0.3) is 10.8 Å².